The summed E-state index contributed by atoms with van der Waals surface area (Å²) >= 11 is 0. The quantitative estimate of drug-likeness (QED) is 0.797. The number of benzene rings is 1. The van der Waals surface area contributed by atoms with Gasteiger partial charge in [0.15, 0.2) is 11.5 Å². The third kappa shape index (κ3) is 2.72. The van der Waals surface area contributed by atoms with Crippen molar-refractivity contribution < 1.29 is 14.3 Å². The molecule has 0 saturated heterocycles. The van der Waals surface area contributed by atoms with Crippen LogP contribution in [0.2, 0.25) is 0 Å². The summed E-state index contributed by atoms with van der Waals surface area (Å²) in [7, 11) is 3.26. The number of hydrogen-bond donors (Lipinski definition) is 1. The lowest BCUT2D eigenvalue weighted by Gasteiger charge is -2.31. The third-order valence-corrected chi connectivity index (χ3v) is 3.43. The van der Waals surface area contributed by atoms with Gasteiger partial charge in [0, 0.05) is 18.9 Å². The molecule has 1 aliphatic carbocycles. The van der Waals surface area contributed by atoms with Crippen LogP contribution in [0.5, 0.6) is 11.5 Å². The zero-order chi connectivity index (χ0) is 13.8. The third-order valence-electron chi connectivity index (χ3n) is 3.43. The maximum atomic E-state index is 11.4. The second-order valence-corrected chi connectivity index (χ2v) is 4.60. The normalized spacial score (nSPS) is 16.0. The minimum atomic E-state index is 0.0175. The second kappa shape index (κ2) is 5.78. The maximum absolute atomic E-state index is 11.4. The van der Waals surface area contributed by atoms with E-state index in [2.05, 4.69) is 11.9 Å². The first-order valence-corrected chi connectivity index (χ1v) is 6.32. The lowest BCUT2D eigenvalue weighted by atomic mass is 9.77. The molecular weight excluding hydrogens is 242 g/mol. The molecule has 2 rings (SSSR count). The predicted molar refractivity (Wildman–Crippen MR) is 73.8 cm³/mol. The summed E-state index contributed by atoms with van der Waals surface area (Å²) in [5.74, 6) is 1.88. The van der Waals surface area contributed by atoms with Crippen molar-refractivity contribution in [2.24, 2.45) is 0 Å². The Hall–Kier alpha value is -1.97. The van der Waals surface area contributed by atoms with Crippen LogP contribution in [-0.4, -0.2) is 26.7 Å². The number of rotatable bonds is 6. The molecule has 0 saturated carbocycles. The molecule has 0 unspecified atom stereocenters. The first-order chi connectivity index (χ1) is 9.19. The second-order valence-electron chi connectivity index (χ2n) is 4.60. The molecule has 0 heterocycles. The van der Waals surface area contributed by atoms with E-state index in [4.69, 9.17) is 9.47 Å². The van der Waals surface area contributed by atoms with E-state index in [1.807, 2.05) is 12.1 Å². The lowest BCUT2D eigenvalue weighted by Crippen LogP contribution is -2.32. The minimum Gasteiger partial charge on any atom is -0.493 e. The highest BCUT2D eigenvalue weighted by atomic mass is 16.5. The highest BCUT2D eigenvalue weighted by molar-refractivity contribution is 5.77. The van der Waals surface area contributed by atoms with Crippen LogP contribution in [0.3, 0.4) is 0 Å². The van der Waals surface area contributed by atoms with E-state index in [9.17, 15) is 4.79 Å². The number of amides is 1. The Kier molecular flexibility index (Phi) is 4.10. The van der Waals surface area contributed by atoms with Gasteiger partial charge in [-0.25, -0.2) is 0 Å². The molecule has 0 spiro atoms. The predicted octanol–water partition coefficient (Wildman–Crippen LogP) is 2.04. The largest absolute Gasteiger partial charge is 0.493 e. The molecule has 0 aliphatic heterocycles. The summed E-state index contributed by atoms with van der Waals surface area (Å²) in [6, 6.07) is 4.01. The molecule has 102 valence electrons. The van der Waals surface area contributed by atoms with Crippen LogP contribution in [0.1, 0.15) is 23.5 Å². The van der Waals surface area contributed by atoms with Crippen molar-refractivity contribution in [3.05, 3.63) is 35.9 Å². The molecule has 4 heteroatoms. The molecule has 1 N–H and O–H groups in total. The molecule has 1 aromatic rings. The van der Waals surface area contributed by atoms with Crippen molar-refractivity contribution in [2.75, 3.05) is 20.8 Å². The van der Waals surface area contributed by atoms with Gasteiger partial charge in [-0.05, 0) is 29.7 Å². The van der Waals surface area contributed by atoms with Crippen molar-refractivity contribution >= 4 is 5.91 Å². The van der Waals surface area contributed by atoms with E-state index in [1.165, 1.54) is 11.1 Å². The van der Waals surface area contributed by atoms with Crippen molar-refractivity contribution in [2.45, 2.75) is 18.8 Å². The fourth-order valence-electron chi connectivity index (χ4n) is 2.36. The summed E-state index contributed by atoms with van der Waals surface area (Å²) in [6.45, 7) is 4.21. The molecule has 0 aromatic heterocycles. The van der Waals surface area contributed by atoms with Crippen molar-refractivity contribution in [1.82, 2.24) is 5.32 Å². The van der Waals surface area contributed by atoms with E-state index >= 15 is 0 Å². The van der Waals surface area contributed by atoms with Gasteiger partial charge in [0.05, 0.1) is 14.2 Å². The fraction of sp³-hybridized carbons (Fsp3) is 0.400. The summed E-state index contributed by atoms with van der Waals surface area (Å²) in [5, 5.41) is 2.91. The van der Waals surface area contributed by atoms with Gasteiger partial charge in [-0.1, -0.05) is 6.08 Å². The monoisotopic (exact) mass is 261 g/mol. The lowest BCUT2D eigenvalue weighted by molar-refractivity contribution is -0.120. The number of carbonyl (C=O) groups excluding carboxylic acids is 1. The van der Waals surface area contributed by atoms with Crippen LogP contribution in [0.4, 0.5) is 0 Å². The van der Waals surface area contributed by atoms with E-state index in [0.29, 0.717) is 18.9 Å². The zero-order valence-corrected chi connectivity index (χ0v) is 11.4. The maximum Gasteiger partial charge on any atom is 0.223 e. The van der Waals surface area contributed by atoms with Crippen LogP contribution < -0.4 is 14.8 Å². The van der Waals surface area contributed by atoms with Crippen molar-refractivity contribution in [3.63, 3.8) is 0 Å². The van der Waals surface area contributed by atoms with Crippen molar-refractivity contribution in [1.29, 1.82) is 0 Å². The SMILES string of the molecule is C=CCC(=O)NC[C@H]1Cc2cc(OC)c(OC)cc21. The molecule has 19 heavy (non-hydrogen) atoms. The Labute approximate surface area is 113 Å². The Morgan fingerprint density at radius 3 is 2.74 bits per heavy atom. The van der Waals surface area contributed by atoms with Gasteiger partial charge in [-0.15, -0.1) is 6.58 Å². The van der Waals surface area contributed by atoms with E-state index in [0.717, 1.165) is 17.9 Å². The van der Waals surface area contributed by atoms with Gasteiger partial charge in [0.2, 0.25) is 5.91 Å². The molecule has 0 radical (unpaired) electrons. The number of ether oxygens (including phenoxy) is 2. The van der Waals surface area contributed by atoms with E-state index in [-0.39, 0.29) is 5.91 Å². The summed E-state index contributed by atoms with van der Waals surface area (Å²) in [6.07, 6.45) is 2.94. The Bertz CT molecular complexity index is 496. The van der Waals surface area contributed by atoms with Gasteiger partial charge in [-0.3, -0.25) is 4.79 Å². The highest BCUT2D eigenvalue weighted by Gasteiger charge is 2.28. The topological polar surface area (TPSA) is 47.6 Å². The molecule has 0 fully saturated rings. The Balaban J connectivity index is 2.02. The van der Waals surface area contributed by atoms with E-state index < -0.39 is 0 Å². The molecule has 1 aromatic carbocycles. The number of carbonyl (C=O) groups is 1. The van der Waals surface area contributed by atoms with Gasteiger partial charge >= 0.3 is 0 Å². The van der Waals surface area contributed by atoms with Gasteiger partial charge in [0.25, 0.3) is 0 Å². The highest BCUT2D eigenvalue weighted by Crippen LogP contribution is 2.41. The van der Waals surface area contributed by atoms with E-state index in [1.54, 1.807) is 20.3 Å². The molecule has 1 atom stereocenters. The first kappa shape index (κ1) is 13.5. The first-order valence-electron chi connectivity index (χ1n) is 6.32. The molecule has 0 bridgehead atoms. The fourth-order valence-corrected chi connectivity index (χ4v) is 2.36. The molecule has 1 amide bonds. The summed E-state index contributed by atoms with van der Waals surface area (Å²) in [5.41, 5.74) is 2.50. The smallest absolute Gasteiger partial charge is 0.223 e. The molecule has 1 aliphatic rings. The standard InChI is InChI=1S/C15H19NO3/c1-4-5-15(17)16-9-11-6-10-7-13(18-2)14(19-3)8-12(10)11/h4,7-8,11H,1,5-6,9H2,2-3H3,(H,16,17)/t11-/m1/s1. The number of methoxy groups -OCH3 is 2. The van der Waals surface area contributed by atoms with Crippen LogP contribution in [0, 0.1) is 0 Å². The number of hydrogen-bond acceptors (Lipinski definition) is 3. The van der Waals surface area contributed by atoms with Crippen LogP contribution in [-0.2, 0) is 11.2 Å². The summed E-state index contributed by atoms with van der Waals surface area (Å²) in [4.78, 5) is 11.4. The number of nitrogens with one attached hydrogen (secondary N) is 1. The van der Waals surface area contributed by atoms with Crippen LogP contribution in [0.25, 0.3) is 0 Å². The number of fused-ring (bicyclic) bond motifs is 1. The van der Waals surface area contributed by atoms with Gasteiger partial charge in [0.1, 0.15) is 0 Å². The minimum absolute atomic E-state index is 0.0175. The Morgan fingerprint density at radius 1 is 1.42 bits per heavy atom. The molecule has 4 nitrogen and oxygen atoms in total. The van der Waals surface area contributed by atoms with Gasteiger partial charge in [-0.2, -0.15) is 0 Å². The molecular formula is C15H19NO3. The summed E-state index contributed by atoms with van der Waals surface area (Å²) < 4.78 is 10.6. The Morgan fingerprint density at radius 2 is 2.11 bits per heavy atom. The van der Waals surface area contributed by atoms with Crippen molar-refractivity contribution in [3.8, 4) is 11.5 Å². The zero-order valence-electron chi connectivity index (χ0n) is 11.4. The van der Waals surface area contributed by atoms with Crippen LogP contribution >= 0.6 is 0 Å². The average Bonchev–Trinajstić information content (AvgIpc) is 2.39. The average molecular weight is 261 g/mol. The van der Waals surface area contributed by atoms with Gasteiger partial charge < -0.3 is 14.8 Å². The van der Waals surface area contributed by atoms with Crippen LogP contribution in [0.15, 0.2) is 24.8 Å².